The van der Waals surface area contributed by atoms with Crippen LogP contribution in [0.25, 0.3) is 0 Å². The summed E-state index contributed by atoms with van der Waals surface area (Å²) in [6.07, 6.45) is 0. The van der Waals surface area contributed by atoms with Crippen LogP contribution in [0.4, 0.5) is 34.9 Å². The number of carbonyl (C=O) groups excluding carboxylic acids is 1. The van der Waals surface area contributed by atoms with Gasteiger partial charge in [0.1, 0.15) is 0 Å². The van der Waals surface area contributed by atoms with Crippen molar-refractivity contribution in [2.45, 2.75) is 13.8 Å². The van der Waals surface area contributed by atoms with Gasteiger partial charge in [0.25, 0.3) is 0 Å². The highest BCUT2D eigenvalue weighted by Gasteiger charge is 2.10. The van der Waals surface area contributed by atoms with Crippen LogP contribution in [0.3, 0.4) is 0 Å². The number of benzene rings is 3. The van der Waals surface area contributed by atoms with Crippen molar-refractivity contribution >= 4 is 52.4 Å². The summed E-state index contributed by atoms with van der Waals surface area (Å²) in [5.41, 5.74) is 4.58. The molecule has 9 heteroatoms. The van der Waals surface area contributed by atoms with E-state index in [4.69, 9.17) is 11.6 Å². The van der Waals surface area contributed by atoms with Crippen LogP contribution in [0.1, 0.15) is 11.1 Å². The number of anilines is 6. The fourth-order valence-electron chi connectivity index (χ4n) is 3.03. The molecule has 0 bridgehead atoms. The van der Waals surface area contributed by atoms with E-state index in [1.54, 1.807) is 24.3 Å². The monoisotopic (exact) mass is 473 g/mol. The van der Waals surface area contributed by atoms with E-state index in [1.807, 2.05) is 62.4 Å². The average molecular weight is 474 g/mol. The highest BCUT2D eigenvalue weighted by Crippen LogP contribution is 2.20. The van der Waals surface area contributed by atoms with Crippen molar-refractivity contribution < 1.29 is 4.79 Å². The summed E-state index contributed by atoms with van der Waals surface area (Å²) in [5.74, 6) is 0.668. The van der Waals surface area contributed by atoms with Crippen LogP contribution in [-0.2, 0) is 4.79 Å². The van der Waals surface area contributed by atoms with E-state index in [0.717, 1.165) is 22.5 Å². The van der Waals surface area contributed by atoms with Crippen LogP contribution in [0.2, 0.25) is 5.02 Å². The Hall–Kier alpha value is -4.17. The zero-order valence-electron chi connectivity index (χ0n) is 18.8. The van der Waals surface area contributed by atoms with E-state index in [2.05, 4.69) is 36.2 Å². The van der Waals surface area contributed by atoms with Gasteiger partial charge >= 0.3 is 0 Å². The van der Waals surface area contributed by atoms with Gasteiger partial charge in [0.2, 0.25) is 23.8 Å². The third-order valence-corrected chi connectivity index (χ3v) is 5.00. The Morgan fingerprint density at radius 3 is 1.79 bits per heavy atom. The van der Waals surface area contributed by atoms with Crippen molar-refractivity contribution in [2.24, 2.45) is 0 Å². The van der Waals surface area contributed by atoms with E-state index in [1.165, 1.54) is 0 Å². The maximum absolute atomic E-state index is 12.4. The number of nitrogens with zero attached hydrogens (tertiary/aromatic N) is 3. The molecule has 4 rings (SSSR count). The average Bonchev–Trinajstić information content (AvgIpc) is 2.81. The number of hydrogen-bond donors (Lipinski definition) is 4. The summed E-state index contributed by atoms with van der Waals surface area (Å²) in [6.45, 7) is 4.00. The van der Waals surface area contributed by atoms with Crippen LogP contribution in [0, 0.1) is 13.8 Å². The molecule has 0 aliphatic rings. The summed E-state index contributed by atoms with van der Waals surface area (Å²) in [7, 11) is 0. The van der Waals surface area contributed by atoms with Crippen molar-refractivity contribution in [3.05, 3.63) is 88.9 Å². The van der Waals surface area contributed by atoms with Crippen molar-refractivity contribution in [1.29, 1.82) is 0 Å². The van der Waals surface area contributed by atoms with Gasteiger partial charge in [0.15, 0.2) is 0 Å². The summed E-state index contributed by atoms with van der Waals surface area (Å²) >= 11 is 5.98. The number of rotatable bonds is 8. The number of aromatic nitrogens is 3. The van der Waals surface area contributed by atoms with Crippen LogP contribution in [-0.4, -0.2) is 27.4 Å². The van der Waals surface area contributed by atoms with Gasteiger partial charge in [-0.2, -0.15) is 15.0 Å². The second-order valence-electron chi connectivity index (χ2n) is 7.70. The first-order valence-electron chi connectivity index (χ1n) is 10.7. The highest BCUT2D eigenvalue weighted by atomic mass is 35.5. The molecule has 0 spiro atoms. The first kappa shape index (κ1) is 23.0. The van der Waals surface area contributed by atoms with Gasteiger partial charge in [0, 0.05) is 22.1 Å². The molecule has 4 N–H and O–H groups in total. The quantitative estimate of drug-likeness (QED) is 0.261. The zero-order valence-corrected chi connectivity index (χ0v) is 19.5. The van der Waals surface area contributed by atoms with Crippen LogP contribution in [0.15, 0.2) is 72.8 Å². The third-order valence-electron chi connectivity index (χ3n) is 4.77. The van der Waals surface area contributed by atoms with Gasteiger partial charge in [-0.3, -0.25) is 4.79 Å². The van der Waals surface area contributed by atoms with E-state index in [-0.39, 0.29) is 18.4 Å². The molecule has 3 aromatic carbocycles. The van der Waals surface area contributed by atoms with E-state index < -0.39 is 0 Å². The van der Waals surface area contributed by atoms with Crippen molar-refractivity contribution in [3.63, 3.8) is 0 Å². The van der Waals surface area contributed by atoms with Gasteiger partial charge < -0.3 is 21.3 Å². The molecule has 0 atom stereocenters. The minimum Gasteiger partial charge on any atom is -0.345 e. The van der Waals surface area contributed by atoms with Crippen molar-refractivity contribution in [2.75, 3.05) is 27.8 Å². The van der Waals surface area contributed by atoms with Gasteiger partial charge in [-0.05, 0) is 56.3 Å². The van der Waals surface area contributed by atoms with Gasteiger partial charge in [0.05, 0.1) is 6.54 Å². The first-order valence-corrected chi connectivity index (χ1v) is 11.0. The second kappa shape index (κ2) is 10.6. The van der Waals surface area contributed by atoms with E-state index in [0.29, 0.717) is 22.6 Å². The summed E-state index contributed by atoms with van der Waals surface area (Å²) in [6, 6.07) is 22.7. The van der Waals surface area contributed by atoms with Gasteiger partial charge in [-0.15, -0.1) is 0 Å². The Morgan fingerprint density at radius 1 is 0.735 bits per heavy atom. The number of aryl methyl sites for hydroxylation is 2. The number of amides is 1. The molecule has 4 aromatic rings. The highest BCUT2D eigenvalue weighted by molar-refractivity contribution is 6.30. The molecule has 0 saturated heterocycles. The SMILES string of the molecule is Cc1ccc(Nc2nc(NCC(=O)Nc3cccc(Cl)c3)nc(Nc3ccc(C)cc3)n2)cc1. The fourth-order valence-corrected chi connectivity index (χ4v) is 3.22. The molecule has 0 aliphatic carbocycles. The number of carbonyl (C=O) groups is 1. The lowest BCUT2D eigenvalue weighted by atomic mass is 10.2. The predicted molar refractivity (Wildman–Crippen MR) is 137 cm³/mol. The topological polar surface area (TPSA) is 104 Å². The third kappa shape index (κ3) is 6.66. The molecule has 1 aromatic heterocycles. The Bertz CT molecular complexity index is 1210. The summed E-state index contributed by atoms with van der Waals surface area (Å²) in [4.78, 5) is 25.7. The molecular formula is C25H24ClN7O. The maximum Gasteiger partial charge on any atom is 0.243 e. The molecule has 0 radical (unpaired) electrons. The molecule has 34 heavy (non-hydrogen) atoms. The number of halogens is 1. The minimum atomic E-state index is -0.260. The fraction of sp³-hybridized carbons (Fsp3) is 0.120. The lowest BCUT2D eigenvalue weighted by Crippen LogP contribution is -2.23. The lowest BCUT2D eigenvalue weighted by Gasteiger charge is -2.12. The Kier molecular flexibility index (Phi) is 7.19. The second-order valence-corrected chi connectivity index (χ2v) is 8.14. The standard InChI is InChI=1S/C25H24ClN7O/c1-16-6-10-19(11-7-16)29-24-31-23(27-15-22(34)28-21-5-3-4-18(26)14-21)32-25(33-24)30-20-12-8-17(2)9-13-20/h3-14H,15H2,1-2H3,(H,28,34)(H3,27,29,30,31,32,33). The molecule has 1 heterocycles. The van der Waals surface area contributed by atoms with Gasteiger partial charge in [-0.25, -0.2) is 0 Å². The summed E-state index contributed by atoms with van der Waals surface area (Å²) in [5, 5.41) is 12.7. The zero-order chi connectivity index (χ0) is 23.9. The largest absolute Gasteiger partial charge is 0.345 e. The molecule has 0 unspecified atom stereocenters. The van der Waals surface area contributed by atoms with E-state index >= 15 is 0 Å². The predicted octanol–water partition coefficient (Wildman–Crippen LogP) is 5.68. The number of hydrogen-bond acceptors (Lipinski definition) is 7. The number of nitrogens with one attached hydrogen (secondary N) is 4. The van der Waals surface area contributed by atoms with Crippen LogP contribution >= 0.6 is 11.6 Å². The minimum absolute atomic E-state index is 0.0372. The van der Waals surface area contributed by atoms with Crippen LogP contribution < -0.4 is 21.3 Å². The maximum atomic E-state index is 12.4. The first-order chi connectivity index (χ1) is 16.4. The molecule has 8 nitrogen and oxygen atoms in total. The Balaban J connectivity index is 1.51. The molecule has 0 fully saturated rings. The van der Waals surface area contributed by atoms with Gasteiger partial charge in [-0.1, -0.05) is 53.1 Å². The lowest BCUT2D eigenvalue weighted by molar-refractivity contribution is -0.114. The van der Waals surface area contributed by atoms with E-state index in [9.17, 15) is 4.79 Å². The normalized spacial score (nSPS) is 10.4. The Labute approximate surface area is 202 Å². The molecule has 172 valence electrons. The molecule has 1 amide bonds. The van der Waals surface area contributed by atoms with Crippen LogP contribution in [0.5, 0.6) is 0 Å². The van der Waals surface area contributed by atoms with Crippen molar-refractivity contribution in [3.8, 4) is 0 Å². The molecule has 0 aliphatic heterocycles. The van der Waals surface area contributed by atoms with Crippen molar-refractivity contribution in [1.82, 2.24) is 15.0 Å². The smallest absolute Gasteiger partial charge is 0.243 e. The molecular weight excluding hydrogens is 450 g/mol. The molecule has 0 saturated carbocycles. The summed E-state index contributed by atoms with van der Waals surface area (Å²) < 4.78 is 0. The Morgan fingerprint density at radius 2 is 1.26 bits per heavy atom.